The molecule has 4 aromatic rings. The number of non-ortho nitro benzene ring substituents is 1. The van der Waals surface area contributed by atoms with Gasteiger partial charge in [0, 0.05) is 23.1 Å². The Balaban J connectivity index is 1.58. The number of benzene rings is 4. The highest BCUT2D eigenvalue weighted by atomic mass is 32.2. The van der Waals surface area contributed by atoms with Crippen molar-refractivity contribution in [2.45, 2.75) is 9.79 Å². The highest BCUT2D eigenvalue weighted by Gasteiger charge is 2.21. The van der Waals surface area contributed by atoms with Gasteiger partial charge in [-0.15, -0.1) is 0 Å². The Morgan fingerprint density at radius 3 is 2.34 bits per heavy atom. The molecule has 12 heteroatoms. The lowest BCUT2D eigenvalue weighted by Crippen LogP contribution is -2.19. The Labute approximate surface area is 200 Å². The summed E-state index contributed by atoms with van der Waals surface area (Å²) in [5.74, 6) is -0.146. The quantitative estimate of drug-likeness (QED) is 0.164. The van der Waals surface area contributed by atoms with Crippen LogP contribution in [0.1, 0.15) is 5.56 Å². The van der Waals surface area contributed by atoms with Crippen LogP contribution in [0.2, 0.25) is 0 Å². The summed E-state index contributed by atoms with van der Waals surface area (Å²) in [4.78, 5) is 12.0. The summed E-state index contributed by atoms with van der Waals surface area (Å²) >= 11 is 0. The molecule has 0 bridgehead atoms. The molecule has 1 N–H and O–H groups in total. The SMILES string of the molecule is O=[N+]([O-])c1cccc(S(=O)(=O)Oc2ccccc2C=NNS(=O)(=O)c2cccc3ccccc23)c1. The number of hydrazone groups is 1. The third-order valence-electron chi connectivity index (χ3n) is 4.85. The number of para-hydroxylation sites is 1. The fourth-order valence-corrected chi connectivity index (χ4v) is 5.24. The molecule has 0 amide bonds. The number of hydrogen-bond acceptors (Lipinski definition) is 8. The van der Waals surface area contributed by atoms with Gasteiger partial charge in [-0.3, -0.25) is 10.1 Å². The number of hydrogen-bond donors (Lipinski definition) is 1. The maximum atomic E-state index is 12.8. The molecular formula is C23H17N3O7S2. The summed E-state index contributed by atoms with van der Waals surface area (Å²) in [5, 5.41) is 16.0. The number of nitro groups is 1. The lowest BCUT2D eigenvalue weighted by Gasteiger charge is -2.10. The molecule has 0 aliphatic rings. The summed E-state index contributed by atoms with van der Waals surface area (Å²) in [7, 11) is -8.45. The molecule has 35 heavy (non-hydrogen) atoms. The molecule has 0 heterocycles. The van der Waals surface area contributed by atoms with Gasteiger partial charge < -0.3 is 4.18 Å². The largest absolute Gasteiger partial charge is 0.378 e. The van der Waals surface area contributed by atoms with E-state index < -0.39 is 35.6 Å². The summed E-state index contributed by atoms with van der Waals surface area (Å²) in [5.41, 5.74) is -0.255. The van der Waals surface area contributed by atoms with Gasteiger partial charge in [0.25, 0.3) is 15.7 Å². The van der Waals surface area contributed by atoms with E-state index >= 15 is 0 Å². The zero-order chi connectivity index (χ0) is 25.1. The van der Waals surface area contributed by atoms with Crippen molar-refractivity contribution in [2.75, 3.05) is 0 Å². The first-order valence-electron chi connectivity index (χ1n) is 9.98. The Bertz CT molecular complexity index is 1660. The van der Waals surface area contributed by atoms with Crippen LogP contribution in [0.15, 0.2) is 106 Å². The molecule has 0 aromatic heterocycles. The standard InChI is InChI=1S/C23H17N3O7S2/c27-26(28)19-10-6-11-20(15-19)35(31,32)33-22-13-4-2-8-18(22)16-24-25-34(29,30)23-14-5-9-17-7-1-3-12-21(17)23/h1-16,25H. The number of nitrogens with zero attached hydrogens (tertiary/aromatic N) is 2. The monoisotopic (exact) mass is 511 g/mol. The second-order valence-corrected chi connectivity index (χ2v) is 10.3. The topological polar surface area (TPSA) is 145 Å². The van der Waals surface area contributed by atoms with Gasteiger partial charge >= 0.3 is 10.1 Å². The molecule has 0 aliphatic carbocycles. The van der Waals surface area contributed by atoms with Gasteiger partial charge in [0.2, 0.25) is 0 Å². The van der Waals surface area contributed by atoms with Crippen LogP contribution in [0, 0.1) is 10.1 Å². The van der Waals surface area contributed by atoms with Gasteiger partial charge in [0.1, 0.15) is 4.90 Å². The van der Waals surface area contributed by atoms with Crippen LogP contribution in [0.3, 0.4) is 0 Å². The first-order valence-corrected chi connectivity index (χ1v) is 12.9. The molecule has 0 aliphatic heterocycles. The van der Waals surface area contributed by atoms with Crippen molar-refractivity contribution in [3.8, 4) is 5.75 Å². The van der Waals surface area contributed by atoms with Gasteiger partial charge in [-0.2, -0.15) is 21.9 Å². The van der Waals surface area contributed by atoms with Crippen LogP contribution < -0.4 is 9.01 Å². The molecule has 178 valence electrons. The van der Waals surface area contributed by atoms with Crippen LogP contribution in [0.4, 0.5) is 5.69 Å². The van der Waals surface area contributed by atoms with Crippen molar-refractivity contribution in [1.82, 2.24) is 4.83 Å². The van der Waals surface area contributed by atoms with Crippen LogP contribution in [0.25, 0.3) is 10.8 Å². The molecule has 10 nitrogen and oxygen atoms in total. The van der Waals surface area contributed by atoms with E-state index in [9.17, 15) is 26.9 Å². The average Bonchev–Trinajstić information content (AvgIpc) is 2.84. The van der Waals surface area contributed by atoms with E-state index in [1.54, 1.807) is 42.5 Å². The first-order chi connectivity index (χ1) is 16.7. The van der Waals surface area contributed by atoms with Crippen molar-refractivity contribution in [3.05, 3.63) is 107 Å². The average molecular weight is 512 g/mol. The van der Waals surface area contributed by atoms with E-state index in [0.29, 0.717) is 5.39 Å². The second-order valence-electron chi connectivity index (χ2n) is 7.16. The molecule has 0 spiro atoms. The van der Waals surface area contributed by atoms with Crippen LogP contribution in [0.5, 0.6) is 5.75 Å². The highest BCUT2D eigenvalue weighted by Crippen LogP contribution is 2.25. The lowest BCUT2D eigenvalue weighted by molar-refractivity contribution is -0.385. The van der Waals surface area contributed by atoms with Crippen molar-refractivity contribution in [1.29, 1.82) is 0 Å². The fraction of sp³-hybridized carbons (Fsp3) is 0. The van der Waals surface area contributed by atoms with E-state index in [1.807, 2.05) is 0 Å². The third-order valence-corrected chi connectivity index (χ3v) is 7.36. The van der Waals surface area contributed by atoms with Gasteiger partial charge in [-0.25, -0.2) is 4.83 Å². The molecule has 4 aromatic carbocycles. The first kappa shape index (κ1) is 23.9. The predicted molar refractivity (Wildman–Crippen MR) is 129 cm³/mol. The minimum Gasteiger partial charge on any atom is -0.378 e. The third kappa shape index (κ3) is 5.28. The fourth-order valence-electron chi connectivity index (χ4n) is 3.23. The Morgan fingerprint density at radius 2 is 1.54 bits per heavy atom. The van der Waals surface area contributed by atoms with Crippen molar-refractivity contribution < 1.29 is 25.9 Å². The number of nitrogens with one attached hydrogen (secondary N) is 1. The number of nitro benzene ring substituents is 1. The molecule has 0 unspecified atom stereocenters. The zero-order valence-corrected chi connectivity index (χ0v) is 19.4. The second kappa shape index (κ2) is 9.52. The van der Waals surface area contributed by atoms with Crippen molar-refractivity contribution in [2.24, 2.45) is 5.10 Å². The predicted octanol–water partition coefficient (Wildman–Crippen LogP) is 3.83. The van der Waals surface area contributed by atoms with Gasteiger partial charge in [-0.1, -0.05) is 54.6 Å². The lowest BCUT2D eigenvalue weighted by atomic mass is 10.1. The Kier molecular flexibility index (Phi) is 6.49. The molecular weight excluding hydrogens is 494 g/mol. The maximum Gasteiger partial charge on any atom is 0.339 e. The van der Waals surface area contributed by atoms with Gasteiger partial charge in [-0.05, 0) is 29.7 Å². The zero-order valence-electron chi connectivity index (χ0n) is 17.8. The minimum atomic E-state index is -4.42. The van der Waals surface area contributed by atoms with E-state index in [0.717, 1.165) is 29.8 Å². The van der Waals surface area contributed by atoms with E-state index in [4.69, 9.17) is 4.18 Å². The molecule has 0 fully saturated rings. The maximum absolute atomic E-state index is 12.8. The van der Waals surface area contributed by atoms with E-state index in [-0.39, 0.29) is 16.2 Å². The molecule has 0 saturated carbocycles. The Hall–Kier alpha value is -4.29. The summed E-state index contributed by atoms with van der Waals surface area (Å²) in [6.07, 6.45) is 1.10. The van der Waals surface area contributed by atoms with Gasteiger partial charge in [0.15, 0.2) is 5.75 Å². The highest BCUT2D eigenvalue weighted by molar-refractivity contribution is 7.89. The van der Waals surface area contributed by atoms with Crippen molar-refractivity contribution in [3.63, 3.8) is 0 Å². The molecule has 0 radical (unpaired) electrons. The van der Waals surface area contributed by atoms with Crippen LogP contribution >= 0.6 is 0 Å². The summed E-state index contributed by atoms with van der Waals surface area (Å²) < 4.78 is 56.1. The molecule has 0 saturated heterocycles. The molecule has 4 rings (SSSR count). The van der Waals surface area contributed by atoms with E-state index in [2.05, 4.69) is 9.93 Å². The number of sulfonamides is 1. The van der Waals surface area contributed by atoms with E-state index in [1.165, 1.54) is 30.3 Å². The smallest absolute Gasteiger partial charge is 0.339 e. The van der Waals surface area contributed by atoms with Crippen LogP contribution in [-0.4, -0.2) is 28.0 Å². The Morgan fingerprint density at radius 1 is 0.857 bits per heavy atom. The van der Waals surface area contributed by atoms with Gasteiger partial charge in [0.05, 0.1) is 16.0 Å². The van der Waals surface area contributed by atoms with Crippen molar-refractivity contribution >= 4 is 42.8 Å². The number of fused-ring (bicyclic) bond motifs is 1. The number of rotatable bonds is 8. The summed E-state index contributed by atoms with van der Waals surface area (Å²) in [6.45, 7) is 0. The van der Waals surface area contributed by atoms with Crippen LogP contribution in [-0.2, 0) is 20.1 Å². The normalized spacial score (nSPS) is 12.0. The molecule has 0 atom stereocenters. The summed E-state index contributed by atoms with van der Waals surface area (Å²) in [6, 6.07) is 22.1. The minimum absolute atomic E-state index is 0.0329.